The summed E-state index contributed by atoms with van der Waals surface area (Å²) in [5.41, 5.74) is 2.25. The summed E-state index contributed by atoms with van der Waals surface area (Å²) in [6.45, 7) is 7.43. The van der Waals surface area contributed by atoms with Gasteiger partial charge in [-0.1, -0.05) is 54.6 Å². The van der Waals surface area contributed by atoms with Crippen molar-refractivity contribution in [1.82, 2.24) is 14.9 Å². The first-order chi connectivity index (χ1) is 18.4. The number of aromatic nitrogens is 2. The Bertz CT molecular complexity index is 1470. The molecule has 0 atom stereocenters. The molecule has 0 aliphatic heterocycles. The van der Waals surface area contributed by atoms with Crippen molar-refractivity contribution < 1.29 is 19.7 Å². The number of rotatable bonds is 6. The number of nitrogens with zero attached hydrogens (tertiary/aromatic N) is 3. The zero-order chi connectivity index (χ0) is 28.0. The van der Waals surface area contributed by atoms with Gasteiger partial charge in [0.2, 0.25) is 5.88 Å². The molecule has 2 N–H and O–H groups in total. The van der Waals surface area contributed by atoms with Gasteiger partial charge in [0.1, 0.15) is 5.01 Å². The van der Waals surface area contributed by atoms with Crippen LogP contribution in [0.2, 0.25) is 0 Å². The number of carbonyl (C=O) groups is 1. The van der Waals surface area contributed by atoms with E-state index in [2.05, 4.69) is 17.1 Å². The number of amides is 1. The van der Waals surface area contributed by atoms with Gasteiger partial charge in [-0.05, 0) is 44.9 Å². The minimum absolute atomic E-state index is 0.337. The van der Waals surface area contributed by atoms with Crippen molar-refractivity contribution in [3.63, 3.8) is 0 Å². The highest BCUT2D eigenvalue weighted by Gasteiger charge is 2.59. The van der Waals surface area contributed by atoms with Crippen molar-refractivity contribution in [2.24, 2.45) is 0 Å². The number of ether oxygens (including phenoxy) is 1. The van der Waals surface area contributed by atoms with Gasteiger partial charge in [-0.3, -0.25) is 4.90 Å². The van der Waals surface area contributed by atoms with Gasteiger partial charge in [0, 0.05) is 41.8 Å². The number of carboxylic acid groups (broad SMARTS) is 1. The van der Waals surface area contributed by atoms with Crippen molar-refractivity contribution in [2.45, 2.75) is 57.2 Å². The third-order valence-corrected chi connectivity index (χ3v) is 8.34. The number of pyridine rings is 1. The molecule has 4 aromatic rings. The summed E-state index contributed by atoms with van der Waals surface area (Å²) in [5.74, 6) is 0.545. The third kappa shape index (κ3) is 5.02. The molecular formula is C31H33N3O4S. The Hall–Kier alpha value is -3.75. The van der Waals surface area contributed by atoms with Gasteiger partial charge in [-0.2, -0.15) is 0 Å². The van der Waals surface area contributed by atoms with E-state index in [9.17, 15) is 15.0 Å². The Morgan fingerprint density at radius 2 is 1.62 bits per heavy atom. The van der Waals surface area contributed by atoms with Gasteiger partial charge in [0.05, 0.1) is 28.8 Å². The second-order valence-electron chi connectivity index (χ2n) is 11.4. The molecule has 1 fully saturated rings. The predicted octanol–water partition coefficient (Wildman–Crippen LogP) is 7.07. The molecule has 2 aromatic heterocycles. The molecule has 0 spiro atoms. The summed E-state index contributed by atoms with van der Waals surface area (Å²) < 4.78 is 5.21. The zero-order valence-electron chi connectivity index (χ0n) is 22.8. The normalized spacial score (nSPS) is 20.8. The Morgan fingerprint density at radius 3 is 2.13 bits per heavy atom. The lowest BCUT2D eigenvalue weighted by Gasteiger charge is -2.60. The average Bonchev–Trinajstić information content (AvgIpc) is 3.33. The lowest BCUT2D eigenvalue weighted by atomic mass is 9.60. The number of benzene rings is 2. The molecule has 0 bridgehead atoms. The van der Waals surface area contributed by atoms with Gasteiger partial charge in [0.15, 0.2) is 0 Å². The Labute approximate surface area is 232 Å². The quantitative estimate of drug-likeness (QED) is 0.270. The standard InChI is InChI=1S/C31H33N3O4S/c1-29(2,3)34(28(35)36)31(18-30(4,37)19-31)23-14-11-20(12-15-23)25-26(21-9-7-6-8-10-21)39-27(33-25)22-13-16-24(38-5)32-17-22/h6-17,37H,18-19H2,1-5H3,(H,35,36). The van der Waals surface area contributed by atoms with Crippen LogP contribution in [-0.4, -0.2) is 49.4 Å². The first kappa shape index (κ1) is 26.8. The Balaban J connectivity index is 1.58. The number of hydrogen-bond acceptors (Lipinski definition) is 6. The first-order valence-corrected chi connectivity index (χ1v) is 13.7. The van der Waals surface area contributed by atoms with Crippen molar-refractivity contribution in [2.75, 3.05) is 7.11 Å². The van der Waals surface area contributed by atoms with E-state index in [0.29, 0.717) is 18.7 Å². The van der Waals surface area contributed by atoms with Crippen LogP contribution < -0.4 is 4.74 Å². The highest BCUT2D eigenvalue weighted by atomic mass is 32.1. The minimum Gasteiger partial charge on any atom is -0.481 e. The largest absolute Gasteiger partial charge is 0.481 e. The molecular weight excluding hydrogens is 510 g/mol. The van der Waals surface area contributed by atoms with Crippen LogP contribution in [0.4, 0.5) is 4.79 Å². The van der Waals surface area contributed by atoms with E-state index < -0.39 is 22.8 Å². The molecule has 2 heterocycles. The summed E-state index contributed by atoms with van der Waals surface area (Å²) in [6, 6.07) is 21.9. The Morgan fingerprint density at radius 1 is 0.974 bits per heavy atom. The third-order valence-electron chi connectivity index (χ3n) is 7.19. The van der Waals surface area contributed by atoms with E-state index in [0.717, 1.165) is 37.8 Å². The zero-order valence-corrected chi connectivity index (χ0v) is 23.6. The molecule has 1 saturated carbocycles. The van der Waals surface area contributed by atoms with Gasteiger partial charge < -0.3 is 14.9 Å². The van der Waals surface area contributed by atoms with Crippen molar-refractivity contribution in [1.29, 1.82) is 0 Å². The van der Waals surface area contributed by atoms with Crippen LogP contribution in [0.3, 0.4) is 0 Å². The molecule has 0 saturated heterocycles. The molecule has 39 heavy (non-hydrogen) atoms. The molecule has 202 valence electrons. The molecule has 0 unspecified atom stereocenters. The van der Waals surface area contributed by atoms with Crippen LogP contribution in [0.15, 0.2) is 72.9 Å². The maximum absolute atomic E-state index is 12.5. The monoisotopic (exact) mass is 543 g/mol. The van der Waals surface area contributed by atoms with E-state index in [1.54, 1.807) is 31.6 Å². The van der Waals surface area contributed by atoms with Crippen LogP contribution in [-0.2, 0) is 5.54 Å². The minimum atomic E-state index is -0.995. The first-order valence-electron chi connectivity index (χ1n) is 12.9. The predicted molar refractivity (Wildman–Crippen MR) is 154 cm³/mol. The van der Waals surface area contributed by atoms with Crippen molar-refractivity contribution in [3.8, 4) is 38.1 Å². The van der Waals surface area contributed by atoms with Crippen molar-refractivity contribution >= 4 is 17.4 Å². The topological polar surface area (TPSA) is 95.8 Å². The fourth-order valence-electron chi connectivity index (χ4n) is 5.80. The van der Waals surface area contributed by atoms with E-state index in [-0.39, 0.29) is 0 Å². The lowest BCUT2D eigenvalue weighted by molar-refractivity contribution is -0.152. The smallest absolute Gasteiger partial charge is 0.408 e. The van der Waals surface area contributed by atoms with E-state index in [1.807, 2.05) is 75.4 Å². The van der Waals surface area contributed by atoms with Gasteiger partial charge in [-0.25, -0.2) is 14.8 Å². The molecule has 7 nitrogen and oxygen atoms in total. The van der Waals surface area contributed by atoms with E-state index in [4.69, 9.17) is 9.72 Å². The average molecular weight is 544 g/mol. The molecule has 1 aliphatic rings. The maximum atomic E-state index is 12.5. The highest BCUT2D eigenvalue weighted by Crippen LogP contribution is 2.54. The molecule has 8 heteroatoms. The Kier molecular flexibility index (Phi) is 6.73. The fraction of sp³-hybridized carbons (Fsp3) is 0.323. The summed E-state index contributed by atoms with van der Waals surface area (Å²) in [5, 5.41) is 21.8. The van der Waals surface area contributed by atoms with E-state index in [1.165, 1.54) is 4.90 Å². The summed E-state index contributed by atoms with van der Waals surface area (Å²) in [6.07, 6.45) is 1.44. The van der Waals surface area contributed by atoms with Crippen LogP contribution in [0.1, 0.15) is 46.1 Å². The molecule has 5 rings (SSSR count). The summed E-state index contributed by atoms with van der Waals surface area (Å²) >= 11 is 1.60. The van der Waals surface area contributed by atoms with Crippen LogP contribution in [0.25, 0.3) is 32.3 Å². The summed E-state index contributed by atoms with van der Waals surface area (Å²) in [4.78, 5) is 24.4. The molecule has 0 radical (unpaired) electrons. The van der Waals surface area contributed by atoms with Gasteiger partial charge in [0.25, 0.3) is 0 Å². The summed E-state index contributed by atoms with van der Waals surface area (Å²) in [7, 11) is 1.59. The van der Waals surface area contributed by atoms with Crippen LogP contribution >= 0.6 is 11.3 Å². The second kappa shape index (κ2) is 9.77. The van der Waals surface area contributed by atoms with Gasteiger partial charge in [-0.15, -0.1) is 11.3 Å². The van der Waals surface area contributed by atoms with Crippen LogP contribution in [0.5, 0.6) is 5.88 Å². The lowest BCUT2D eigenvalue weighted by Crippen LogP contribution is -2.67. The SMILES string of the molecule is COc1ccc(-c2nc(-c3ccc(C4(N(C(=O)O)C(C)(C)C)CC(C)(O)C4)cc3)c(-c3ccccc3)s2)cn1. The van der Waals surface area contributed by atoms with Gasteiger partial charge >= 0.3 is 6.09 Å². The second-order valence-corrected chi connectivity index (χ2v) is 12.4. The van der Waals surface area contributed by atoms with E-state index >= 15 is 0 Å². The number of hydrogen-bond donors (Lipinski definition) is 2. The van der Waals surface area contributed by atoms with Crippen molar-refractivity contribution in [3.05, 3.63) is 78.5 Å². The molecule has 1 amide bonds. The van der Waals surface area contributed by atoms with Crippen LogP contribution in [0, 0.1) is 0 Å². The fourth-order valence-corrected chi connectivity index (χ4v) is 6.88. The number of thiazole rings is 1. The number of methoxy groups -OCH3 is 1. The highest BCUT2D eigenvalue weighted by molar-refractivity contribution is 7.19. The molecule has 2 aromatic carbocycles. The maximum Gasteiger partial charge on any atom is 0.408 e. The number of aliphatic hydroxyl groups is 1. The molecule has 1 aliphatic carbocycles.